The van der Waals surface area contributed by atoms with Gasteiger partial charge in [0.15, 0.2) is 0 Å². The highest BCUT2D eigenvalue weighted by Gasteiger charge is 2.36. The Hall–Kier alpha value is -1.09. The Morgan fingerprint density at radius 1 is 1.18 bits per heavy atom. The van der Waals surface area contributed by atoms with Crippen LogP contribution in [-0.2, 0) is 0 Å². The summed E-state index contributed by atoms with van der Waals surface area (Å²) in [4.78, 5) is 7.02. The molecule has 1 saturated carbocycles. The molecule has 0 radical (unpaired) electrons. The van der Waals surface area contributed by atoms with Crippen molar-refractivity contribution >= 4 is 27.2 Å². The zero-order chi connectivity index (χ0) is 11.2. The number of hydrogen-bond donors (Lipinski definition) is 0. The third-order valence-electron chi connectivity index (χ3n) is 4.39. The first kappa shape index (κ1) is 9.89. The molecule has 1 aliphatic carbocycles. The van der Waals surface area contributed by atoms with E-state index in [9.17, 15) is 0 Å². The second-order valence-electron chi connectivity index (χ2n) is 5.32. The molecule has 4 rings (SSSR count). The number of fused-ring (bicyclic) bond motifs is 2. The van der Waals surface area contributed by atoms with Crippen LogP contribution >= 0.6 is 11.3 Å². The van der Waals surface area contributed by atoms with Crippen LogP contribution in [0.2, 0.25) is 0 Å². The van der Waals surface area contributed by atoms with Crippen molar-refractivity contribution in [3.05, 3.63) is 23.7 Å². The number of thiophene rings is 1. The van der Waals surface area contributed by atoms with Crippen molar-refractivity contribution in [3.63, 3.8) is 0 Å². The van der Waals surface area contributed by atoms with Crippen LogP contribution < -0.4 is 4.90 Å². The summed E-state index contributed by atoms with van der Waals surface area (Å²) in [6.45, 7) is 2.53. The molecule has 2 aromatic heterocycles. The van der Waals surface area contributed by atoms with Crippen LogP contribution in [0.4, 0.5) is 5.69 Å². The molecule has 2 atom stereocenters. The molecule has 0 N–H and O–H groups in total. The van der Waals surface area contributed by atoms with Crippen LogP contribution in [-0.4, -0.2) is 18.1 Å². The average molecular weight is 244 g/mol. The maximum atomic E-state index is 4.43. The summed E-state index contributed by atoms with van der Waals surface area (Å²) in [6, 6.07) is 4.32. The lowest BCUT2D eigenvalue weighted by molar-refractivity contribution is 0.494. The minimum Gasteiger partial charge on any atom is -0.370 e. The summed E-state index contributed by atoms with van der Waals surface area (Å²) < 4.78 is 1.37. The van der Waals surface area contributed by atoms with E-state index < -0.39 is 0 Å². The van der Waals surface area contributed by atoms with Crippen molar-refractivity contribution < 1.29 is 0 Å². The monoisotopic (exact) mass is 244 g/mol. The van der Waals surface area contributed by atoms with Crippen LogP contribution in [0.15, 0.2) is 23.7 Å². The minimum absolute atomic E-state index is 0.957. The van der Waals surface area contributed by atoms with E-state index in [1.807, 2.05) is 17.5 Å². The highest BCUT2D eigenvalue weighted by Crippen LogP contribution is 2.41. The standard InChI is InChI=1S/C14H16N2S/c1-2-10-8-16(9-11(10)3-1)13-4-6-15-12-5-7-17-14(12)13/h4-7,10-11H,1-3,8-9H2. The third-order valence-corrected chi connectivity index (χ3v) is 5.32. The van der Waals surface area contributed by atoms with Gasteiger partial charge in [-0.3, -0.25) is 4.98 Å². The van der Waals surface area contributed by atoms with Crippen molar-refractivity contribution in [3.8, 4) is 0 Å². The Bertz CT molecular complexity index is 536. The van der Waals surface area contributed by atoms with E-state index in [4.69, 9.17) is 0 Å². The lowest BCUT2D eigenvalue weighted by atomic mass is 10.0. The van der Waals surface area contributed by atoms with Crippen LogP contribution in [0.5, 0.6) is 0 Å². The molecule has 1 aliphatic heterocycles. The van der Waals surface area contributed by atoms with Gasteiger partial charge >= 0.3 is 0 Å². The highest BCUT2D eigenvalue weighted by molar-refractivity contribution is 7.17. The van der Waals surface area contributed by atoms with E-state index in [1.165, 1.54) is 42.7 Å². The molecule has 88 valence electrons. The van der Waals surface area contributed by atoms with Crippen LogP contribution in [0.25, 0.3) is 10.2 Å². The second kappa shape index (κ2) is 3.70. The first-order valence-corrected chi connectivity index (χ1v) is 7.37. The number of aromatic nitrogens is 1. The van der Waals surface area contributed by atoms with Gasteiger partial charge in [0.2, 0.25) is 0 Å². The molecule has 2 aromatic rings. The Labute approximate surface area is 105 Å². The average Bonchev–Trinajstić information content (AvgIpc) is 3.02. The molecule has 2 fully saturated rings. The number of pyridine rings is 1. The molecule has 2 unspecified atom stereocenters. The molecule has 3 heteroatoms. The zero-order valence-corrected chi connectivity index (χ0v) is 10.6. The molecule has 0 amide bonds. The molecular formula is C14H16N2S. The molecule has 17 heavy (non-hydrogen) atoms. The molecule has 0 spiro atoms. The molecule has 2 aliphatic rings. The SMILES string of the molecule is c1cc(N2CC3CCCC3C2)c2sccc2n1. The number of anilines is 1. The Kier molecular flexibility index (Phi) is 2.15. The van der Waals surface area contributed by atoms with Gasteiger partial charge in [-0.25, -0.2) is 0 Å². The Morgan fingerprint density at radius 3 is 2.82 bits per heavy atom. The Morgan fingerprint density at radius 2 is 2.00 bits per heavy atom. The van der Waals surface area contributed by atoms with Crippen LogP contribution in [0.3, 0.4) is 0 Å². The summed E-state index contributed by atoms with van der Waals surface area (Å²) in [5.74, 6) is 1.91. The zero-order valence-electron chi connectivity index (χ0n) is 9.80. The highest BCUT2D eigenvalue weighted by atomic mass is 32.1. The van der Waals surface area contributed by atoms with Gasteiger partial charge in [-0.15, -0.1) is 11.3 Å². The van der Waals surface area contributed by atoms with Gasteiger partial charge in [0.1, 0.15) is 0 Å². The summed E-state index contributed by atoms with van der Waals surface area (Å²) in [5.41, 5.74) is 2.57. The van der Waals surface area contributed by atoms with Gasteiger partial charge in [-0.05, 0) is 42.2 Å². The maximum Gasteiger partial charge on any atom is 0.0830 e. The molecule has 2 nitrogen and oxygen atoms in total. The van der Waals surface area contributed by atoms with E-state index in [2.05, 4.69) is 27.4 Å². The molecule has 3 heterocycles. The van der Waals surface area contributed by atoms with E-state index >= 15 is 0 Å². The summed E-state index contributed by atoms with van der Waals surface area (Å²) in [6.07, 6.45) is 6.30. The lowest BCUT2D eigenvalue weighted by Crippen LogP contribution is -2.20. The van der Waals surface area contributed by atoms with Crippen LogP contribution in [0, 0.1) is 11.8 Å². The van der Waals surface area contributed by atoms with E-state index in [0.717, 1.165) is 17.4 Å². The van der Waals surface area contributed by atoms with Gasteiger partial charge in [0.05, 0.1) is 15.9 Å². The molecule has 0 aromatic carbocycles. The predicted molar refractivity (Wildman–Crippen MR) is 72.7 cm³/mol. The van der Waals surface area contributed by atoms with Crippen molar-refractivity contribution in [1.29, 1.82) is 0 Å². The first-order valence-electron chi connectivity index (χ1n) is 6.49. The maximum absolute atomic E-state index is 4.43. The second-order valence-corrected chi connectivity index (χ2v) is 6.24. The van der Waals surface area contributed by atoms with Gasteiger partial charge in [0.25, 0.3) is 0 Å². The topological polar surface area (TPSA) is 16.1 Å². The normalized spacial score (nSPS) is 27.9. The van der Waals surface area contributed by atoms with E-state index in [-0.39, 0.29) is 0 Å². The number of rotatable bonds is 1. The van der Waals surface area contributed by atoms with Crippen molar-refractivity contribution in [2.75, 3.05) is 18.0 Å². The predicted octanol–water partition coefficient (Wildman–Crippen LogP) is 3.53. The summed E-state index contributed by atoms with van der Waals surface area (Å²) in [5, 5.41) is 2.15. The lowest BCUT2D eigenvalue weighted by Gasteiger charge is -2.20. The fourth-order valence-electron chi connectivity index (χ4n) is 3.54. The van der Waals surface area contributed by atoms with Gasteiger partial charge < -0.3 is 4.90 Å². The number of hydrogen-bond acceptors (Lipinski definition) is 3. The number of nitrogens with zero attached hydrogens (tertiary/aromatic N) is 2. The van der Waals surface area contributed by atoms with Crippen molar-refractivity contribution in [1.82, 2.24) is 4.98 Å². The van der Waals surface area contributed by atoms with Crippen LogP contribution in [0.1, 0.15) is 19.3 Å². The van der Waals surface area contributed by atoms with E-state index in [1.54, 1.807) is 0 Å². The van der Waals surface area contributed by atoms with Gasteiger partial charge in [-0.2, -0.15) is 0 Å². The smallest absolute Gasteiger partial charge is 0.0830 e. The molecule has 0 bridgehead atoms. The van der Waals surface area contributed by atoms with Crippen molar-refractivity contribution in [2.45, 2.75) is 19.3 Å². The minimum atomic E-state index is 0.957. The quantitative estimate of drug-likeness (QED) is 0.763. The fraction of sp³-hybridized carbons (Fsp3) is 0.500. The van der Waals surface area contributed by atoms with E-state index in [0.29, 0.717) is 0 Å². The fourth-order valence-corrected chi connectivity index (χ4v) is 4.43. The Balaban J connectivity index is 1.73. The summed E-state index contributed by atoms with van der Waals surface area (Å²) in [7, 11) is 0. The largest absolute Gasteiger partial charge is 0.370 e. The first-order chi connectivity index (χ1) is 8.42. The van der Waals surface area contributed by atoms with Gasteiger partial charge in [0, 0.05) is 19.3 Å². The molecule has 1 saturated heterocycles. The molecular weight excluding hydrogens is 228 g/mol. The van der Waals surface area contributed by atoms with Crippen molar-refractivity contribution in [2.24, 2.45) is 11.8 Å². The summed E-state index contributed by atoms with van der Waals surface area (Å²) >= 11 is 1.82. The van der Waals surface area contributed by atoms with Gasteiger partial charge in [-0.1, -0.05) is 6.42 Å². The third kappa shape index (κ3) is 1.48.